The molecule has 2 aromatic carbocycles. The molecule has 0 fully saturated rings. The Morgan fingerprint density at radius 1 is 0.941 bits per heavy atom. The fraction of sp³-hybridized carbons (Fsp3) is 0. The molecule has 0 aliphatic heterocycles. The molecule has 17 heavy (non-hydrogen) atoms. The van der Waals surface area contributed by atoms with Gasteiger partial charge in [0, 0.05) is 9.58 Å². The van der Waals surface area contributed by atoms with Crippen molar-refractivity contribution in [3.05, 3.63) is 60.2 Å². The minimum atomic E-state index is 0.718. The van der Waals surface area contributed by atoms with Crippen LogP contribution in [-0.2, 0) is 0 Å². The van der Waals surface area contributed by atoms with Crippen LogP contribution in [0.4, 0.5) is 0 Å². The maximum atomic E-state index is 8.87. The lowest BCUT2D eigenvalue weighted by molar-refractivity contribution is 1.50. The van der Waals surface area contributed by atoms with Crippen molar-refractivity contribution < 1.29 is 0 Å². The first-order chi connectivity index (χ1) is 8.36. The third-order valence-corrected chi connectivity index (χ3v) is 3.87. The Morgan fingerprint density at radius 2 is 1.76 bits per heavy atom. The molecular formula is C15H9NS. The molecule has 1 heterocycles. The van der Waals surface area contributed by atoms with Crippen molar-refractivity contribution >= 4 is 21.4 Å². The molecule has 3 rings (SSSR count). The van der Waals surface area contributed by atoms with Gasteiger partial charge in [-0.3, -0.25) is 0 Å². The van der Waals surface area contributed by atoms with Gasteiger partial charge in [0.25, 0.3) is 0 Å². The molecule has 0 aliphatic rings. The highest BCUT2D eigenvalue weighted by Gasteiger charge is 2.04. The van der Waals surface area contributed by atoms with Gasteiger partial charge < -0.3 is 0 Å². The van der Waals surface area contributed by atoms with Crippen LogP contribution in [0.15, 0.2) is 54.6 Å². The number of hydrogen-bond acceptors (Lipinski definition) is 2. The maximum Gasteiger partial charge on any atom is 0.0991 e. The Kier molecular flexibility index (Phi) is 2.40. The van der Waals surface area contributed by atoms with Crippen molar-refractivity contribution in [2.24, 2.45) is 0 Å². The Hall–Kier alpha value is -2.11. The molecule has 0 spiro atoms. The van der Waals surface area contributed by atoms with Gasteiger partial charge in [-0.05, 0) is 35.2 Å². The van der Waals surface area contributed by atoms with Crippen molar-refractivity contribution in [3.8, 4) is 16.5 Å². The molecule has 0 N–H and O–H groups in total. The Labute approximate surface area is 104 Å². The molecule has 80 valence electrons. The van der Waals surface area contributed by atoms with Crippen LogP contribution in [0.25, 0.3) is 20.5 Å². The molecular weight excluding hydrogens is 226 g/mol. The highest BCUT2D eigenvalue weighted by molar-refractivity contribution is 7.22. The first-order valence-electron chi connectivity index (χ1n) is 5.36. The maximum absolute atomic E-state index is 8.87. The second kappa shape index (κ2) is 4.04. The second-order valence-electron chi connectivity index (χ2n) is 3.84. The van der Waals surface area contributed by atoms with Gasteiger partial charge in [0.15, 0.2) is 0 Å². The molecule has 0 amide bonds. The summed E-state index contributed by atoms with van der Waals surface area (Å²) >= 11 is 1.76. The van der Waals surface area contributed by atoms with Crippen LogP contribution in [0.2, 0.25) is 0 Å². The first kappa shape index (κ1) is 10.1. The van der Waals surface area contributed by atoms with E-state index in [9.17, 15) is 0 Å². The summed E-state index contributed by atoms with van der Waals surface area (Å²) in [7, 11) is 0. The molecule has 0 aliphatic carbocycles. The molecule has 0 bridgehead atoms. The van der Waals surface area contributed by atoms with Gasteiger partial charge in [-0.1, -0.05) is 30.3 Å². The normalized spacial score (nSPS) is 10.3. The number of fused-ring (bicyclic) bond motifs is 1. The van der Waals surface area contributed by atoms with Gasteiger partial charge in [-0.2, -0.15) is 5.26 Å². The van der Waals surface area contributed by atoms with Crippen molar-refractivity contribution in [1.82, 2.24) is 0 Å². The highest BCUT2D eigenvalue weighted by Crippen LogP contribution is 2.33. The summed E-state index contributed by atoms with van der Waals surface area (Å²) in [5.74, 6) is 0. The van der Waals surface area contributed by atoms with Crippen LogP contribution < -0.4 is 0 Å². The van der Waals surface area contributed by atoms with Gasteiger partial charge in [-0.15, -0.1) is 11.3 Å². The molecule has 3 aromatic rings. The van der Waals surface area contributed by atoms with Crippen LogP contribution in [0.3, 0.4) is 0 Å². The summed E-state index contributed by atoms with van der Waals surface area (Å²) < 4.78 is 1.22. The lowest BCUT2D eigenvalue weighted by Crippen LogP contribution is -1.70. The minimum Gasteiger partial charge on any atom is -0.192 e. The van der Waals surface area contributed by atoms with Gasteiger partial charge >= 0.3 is 0 Å². The summed E-state index contributed by atoms with van der Waals surface area (Å²) in [4.78, 5) is 1.25. The summed E-state index contributed by atoms with van der Waals surface area (Å²) in [5, 5.41) is 10.0. The van der Waals surface area contributed by atoms with E-state index in [0.717, 1.165) is 10.9 Å². The SMILES string of the molecule is N#Cc1ccc2sc(-c3ccccc3)cc2c1. The number of thiophene rings is 1. The zero-order valence-electron chi connectivity index (χ0n) is 9.05. The number of hydrogen-bond donors (Lipinski definition) is 0. The van der Waals surface area contributed by atoms with Gasteiger partial charge in [0.05, 0.1) is 11.6 Å². The molecule has 1 aromatic heterocycles. The number of rotatable bonds is 1. The van der Waals surface area contributed by atoms with E-state index in [2.05, 4.69) is 24.3 Å². The summed E-state index contributed by atoms with van der Waals surface area (Å²) in [6.07, 6.45) is 0. The van der Waals surface area contributed by atoms with Crippen molar-refractivity contribution in [2.45, 2.75) is 0 Å². The van der Waals surface area contributed by atoms with E-state index in [-0.39, 0.29) is 0 Å². The monoisotopic (exact) mass is 235 g/mol. The van der Waals surface area contributed by atoms with Crippen LogP contribution in [0.1, 0.15) is 5.56 Å². The van der Waals surface area contributed by atoms with Crippen LogP contribution in [0.5, 0.6) is 0 Å². The van der Waals surface area contributed by atoms with Gasteiger partial charge in [0.2, 0.25) is 0 Å². The summed E-state index contributed by atoms with van der Waals surface area (Å²) in [6.45, 7) is 0. The predicted molar refractivity (Wildman–Crippen MR) is 72.0 cm³/mol. The van der Waals surface area contributed by atoms with E-state index in [1.165, 1.54) is 15.1 Å². The smallest absolute Gasteiger partial charge is 0.0991 e. The molecule has 0 saturated heterocycles. The van der Waals surface area contributed by atoms with Gasteiger partial charge in [-0.25, -0.2) is 0 Å². The lowest BCUT2D eigenvalue weighted by Gasteiger charge is -1.93. The van der Waals surface area contributed by atoms with E-state index in [1.54, 1.807) is 11.3 Å². The average molecular weight is 235 g/mol. The third kappa shape index (κ3) is 1.82. The zero-order chi connectivity index (χ0) is 11.7. The summed E-state index contributed by atoms with van der Waals surface area (Å²) in [6, 6.07) is 20.5. The highest BCUT2D eigenvalue weighted by atomic mass is 32.1. The molecule has 0 radical (unpaired) electrons. The van der Waals surface area contributed by atoms with Crippen LogP contribution >= 0.6 is 11.3 Å². The fourth-order valence-corrected chi connectivity index (χ4v) is 2.91. The number of nitrogens with zero attached hydrogens (tertiary/aromatic N) is 1. The zero-order valence-corrected chi connectivity index (χ0v) is 9.87. The van der Waals surface area contributed by atoms with Crippen LogP contribution in [-0.4, -0.2) is 0 Å². The Bertz CT molecular complexity index is 705. The minimum absolute atomic E-state index is 0.718. The van der Waals surface area contributed by atoms with Crippen LogP contribution in [0, 0.1) is 11.3 Å². The Balaban J connectivity index is 2.18. The molecule has 2 heteroatoms. The third-order valence-electron chi connectivity index (χ3n) is 2.70. The van der Waals surface area contributed by atoms with E-state index in [4.69, 9.17) is 5.26 Å². The van der Waals surface area contributed by atoms with E-state index in [0.29, 0.717) is 0 Å². The standard InChI is InChI=1S/C15H9NS/c16-10-11-6-7-14-13(8-11)9-15(17-14)12-4-2-1-3-5-12/h1-9H. The molecule has 1 nitrogen and oxygen atoms in total. The van der Waals surface area contributed by atoms with E-state index < -0.39 is 0 Å². The van der Waals surface area contributed by atoms with Crippen molar-refractivity contribution in [3.63, 3.8) is 0 Å². The topological polar surface area (TPSA) is 23.8 Å². The quantitative estimate of drug-likeness (QED) is 0.611. The largest absolute Gasteiger partial charge is 0.192 e. The van der Waals surface area contributed by atoms with Crippen molar-refractivity contribution in [2.75, 3.05) is 0 Å². The first-order valence-corrected chi connectivity index (χ1v) is 6.17. The lowest BCUT2D eigenvalue weighted by atomic mass is 10.1. The van der Waals surface area contributed by atoms with E-state index in [1.807, 2.05) is 36.4 Å². The molecule has 0 unspecified atom stereocenters. The number of benzene rings is 2. The second-order valence-corrected chi connectivity index (χ2v) is 4.92. The van der Waals surface area contributed by atoms with E-state index >= 15 is 0 Å². The number of nitriles is 1. The summed E-state index contributed by atoms with van der Waals surface area (Å²) in [5.41, 5.74) is 1.95. The average Bonchev–Trinajstić information content (AvgIpc) is 2.82. The van der Waals surface area contributed by atoms with Gasteiger partial charge in [0.1, 0.15) is 0 Å². The predicted octanol–water partition coefficient (Wildman–Crippen LogP) is 4.44. The molecule has 0 saturated carbocycles. The van der Waals surface area contributed by atoms with Crippen molar-refractivity contribution in [1.29, 1.82) is 5.26 Å². The fourth-order valence-electron chi connectivity index (χ4n) is 1.86. The molecule has 0 atom stereocenters. The Morgan fingerprint density at radius 3 is 2.53 bits per heavy atom.